The van der Waals surface area contributed by atoms with Gasteiger partial charge in [0.15, 0.2) is 0 Å². The Bertz CT molecular complexity index is 557. The highest BCUT2D eigenvalue weighted by atomic mass is 19.1. The fraction of sp³-hybridized carbons (Fsp3) is 0.286. The highest BCUT2D eigenvalue weighted by Crippen LogP contribution is 2.25. The monoisotopic (exact) mass is 278 g/mol. The van der Waals surface area contributed by atoms with Crippen molar-refractivity contribution in [3.8, 4) is 0 Å². The van der Waals surface area contributed by atoms with Crippen LogP contribution in [0.1, 0.15) is 12.0 Å². The number of benzene rings is 1. The molecule has 0 aliphatic carbocycles. The zero-order valence-corrected chi connectivity index (χ0v) is 10.8. The fourth-order valence-electron chi connectivity index (χ4n) is 2.13. The van der Waals surface area contributed by atoms with E-state index in [1.165, 1.54) is 12.1 Å². The van der Waals surface area contributed by atoms with Gasteiger partial charge >= 0.3 is 5.97 Å². The largest absolute Gasteiger partial charge is 0.478 e. The third-order valence-electron chi connectivity index (χ3n) is 3.08. The van der Waals surface area contributed by atoms with Crippen molar-refractivity contribution < 1.29 is 19.1 Å². The van der Waals surface area contributed by atoms with Crippen LogP contribution >= 0.6 is 0 Å². The van der Waals surface area contributed by atoms with Gasteiger partial charge in [-0.2, -0.15) is 0 Å². The molecular weight excluding hydrogens is 263 g/mol. The van der Waals surface area contributed by atoms with Crippen LogP contribution in [0.2, 0.25) is 0 Å². The van der Waals surface area contributed by atoms with Crippen LogP contribution in [-0.2, 0) is 9.59 Å². The van der Waals surface area contributed by atoms with Gasteiger partial charge in [-0.05, 0) is 18.2 Å². The average Bonchev–Trinajstić information content (AvgIpc) is 2.62. The lowest BCUT2D eigenvalue weighted by molar-refractivity contribution is -0.131. The number of aliphatic carboxylic acids is 1. The van der Waals surface area contributed by atoms with Gasteiger partial charge in [-0.15, -0.1) is 0 Å². The van der Waals surface area contributed by atoms with E-state index in [4.69, 9.17) is 5.11 Å². The zero-order chi connectivity index (χ0) is 14.5. The minimum atomic E-state index is -1.13. The Hall–Kier alpha value is -2.37. The summed E-state index contributed by atoms with van der Waals surface area (Å²) >= 11 is 0. The summed E-state index contributed by atoms with van der Waals surface area (Å²) in [6.45, 7) is 1.52. The summed E-state index contributed by atoms with van der Waals surface area (Å²) in [5.74, 6) is -1.65. The van der Waals surface area contributed by atoms with Gasteiger partial charge in [0, 0.05) is 43.4 Å². The summed E-state index contributed by atoms with van der Waals surface area (Å²) in [7, 11) is 0. The van der Waals surface area contributed by atoms with Crippen molar-refractivity contribution in [2.45, 2.75) is 6.42 Å². The van der Waals surface area contributed by atoms with Crippen LogP contribution in [0.4, 0.5) is 10.1 Å². The number of carboxylic acid groups (broad SMARTS) is 1. The molecule has 0 spiro atoms. The number of carbonyl (C=O) groups is 2. The number of rotatable bonds is 3. The fourth-order valence-corrected chi connectivity index (χ4v) is 2.13. The van der Waals surface area contributed by atoms with Crippen LogP contribution in [-0.4, -0.2) is 36.6 Å². The van der Waals surface area contributed by atoms with Crippen LogP contribution in [0.25, 0.3) is 6.08 Å². The molecular formula is C14H15FN2O3. The molecule has 0 saturated carbocycles. The second kappa shape index (κ2) is 6.18. The molecule has 1 aliphatic rings. The van der Waals surface area contributed by atoms with Crippen LogP contribution in [0.5, 0.6) is 0 Å². The van der Waals surface area contributed by atoms with Crippen molar-refractivity contribution in [1.82, 2.24) is 5.32 Å². The SMILES string of the molecule is O=C(O)/C=C/c1c(F)cccc1N1CCNC(=O)CC1. The predicted octanol–water partition coefficient (Wildman–Crippen LogP) is 1.25. The molecule has 0 radical (unpaired) electrons. The Morgan fingerprint density at radius 1 is 1.40 bits per heavy atom. The van der Waals surface area contributed by atoms with Crippen molar-refractivity contribution in [2.24, 2.45) is 0 Å². The number of carbonyl (C=O) groups excluding carboxylic acids is 1. The normalized spacial score (nSPS) is 16.1. The third-order valence-corrected chi connectivity index (χ3v) is 3.08. The molecule has 0 bridgehead atoms. The Morgan fingerprint density at radius 2 is 2.20 bits per heavy atom. The highest BCUT2D eigenvalue weighted by molar-refractivity contribution is 5.87. The molecule has 1 amide bonds. The molecule has 0 aromatic heterocycles. The minimum absolute atomic E-state index is 0.0356. The summed E-state index contributed by atoms with van der Waals surface area (Å²) in [5.41, 5.74) is 0.822. The van der Waals surface area contributed by atoms with E-state index in [9.17, 15) is 14.0 Å². The lowest BCUT2D eigenvalue weighted by Crippen LogP contribution is -2.29. The smallest absolute Gasteiger partial charge is 0.328 e. The molecule has 1 aromatic rings. The number of halogens is 1. The molecule has 5 nitrogen and oxygen atoms in total. The van der Waals surface area contributed by atoms with Crippen molar-refractivity contribution in [2.75, 3.05) is 24.5 Å². The summed E-state index contributed by atoms with van der Waals surface area (Å²) in [6, 6.07) is 4.58. The summed E-state index contributed by atoms with van der Waals surface area (Å²) in [6.07, 6.45) is 2.48. The molecule has 0 unspecified atom stereocenters. The maximum atomic E-state index is 13.9. The molecule has 1 fully saturated rings. The molecule has 1 aromatic carbocycles. The molecule has 6 heteroatoms. The Morgan fingerprint density at radius 3 is 2.95 bits per heavy atom. The van der Waals surface area contributed by atoms with Crippen molar-refractivity contribution in [3.05, 3.63) is 35.7 Å². The molecule has 1 heterocycles. The van der Waals surface area contributed by atoms with Gasteiger partial charge in [-0.25, -0.2) is 9.18 Å². The molecule has 2 rings (SSSR count). The number of hydrogen-bond acceptors (Lipinski definition) is 3. The molecule has 1 saturated heterocycles. The Balaban J connectivity index is 2.32. The van der Waals surface area contributed by atoms with Gasteiger partial charge in [0.05, 0.1) is 0 Å². The molecule has 2 N–H and O–H groups in total. The van der Waals surface area contributed by atoms with Crippen molar-refractivity contribution >= 4 is 23.6 Å². The number of amides is 1. The van der Waals surface area contributed by atoms with Crippen LogP contribution in [0.3, 0.4) is 0 Å². The first-order chi connectivity index (χ1) is 9.58. The van der Waals surface area contributed by atoms with Crippen LogP contribution in [0.15, 0.2) is 24.3 Å². The van der Waals surface area contributed by atoms with E-state index in [1.807, 2.05) is 4.90 Å². The molecule has 20 heavy (non-hydrogen) atoms. The van der Waals surface area contributed by atoms with E-state index in [0.717, 1.165) is 6.08 Å². The van der Waals surface area contributed by atoms with E-state index in [0.29, 0.717) is 31.7 Å². The van der Waals surface area contributed by atoms with Gasteiger partial charge in [0.25, 0.3) is 0 Å². The summed E-state index contributed by atoms with van der Waals surface area (Å²) in [5, 5.41) is 11.4. The minimum Gasteiger partial charge on any atom is -0.478 e. The van der Waals surface area contributed by atoms with E-state index in [2.05, 4.69) is 5.32 Å². The first kappa shape index (κ1) is 14.0. The second-order valence-corrected chi connectivity index (χ2v) is 4.43. The molecule has 0 atom stereocenters. The molecule has 1 aliphatic heterocycles. The first-order valence-electron chi connectivity index (χ1n) is 6.29. The number of hydrogen-bond donors (Lipinski definition) is 2. The number of anilines is 1. The number of nitrogens with zero attached hydrogens (tertiary/aromatic N) is 1. The average molecular weight is 278 g/mol. The number of carboxylic acids is 1. The van der Waals surface area contributed by atoms with Gasteiger partial charge < -0.3 is 15.3 Å². The van der Waals surface area contributed by atoms with Crippen molar-refractivity contribution in [3.63, 3.8) is 0 Å². The summed E-state index contributed by atoms with van der Waals surface area (Å²) in [4.78, 5) is 23.8. The van der Waals surface area contributed by atoms with Gasteiger partial charge in [-0.3, -0.25) is 4.79 Å². The van der Waals surface area contributed by atoms with E-state index in [1.54, 1.807) is 12.1 Å². The zero-order valence-electron chi connectivity index (χ0n) is 10.8. The maximum absolute atomic E-state index is 13.9. The van der Waals surface area contributed by atoms with E-state index < -0.39 is 11.8 Å². The van der Waals surface area contributed by atoms with E-state index >= 15 is 0 Å². The Labute approximate surface area is 115 Å². The lowest BCUT2D eigenvalue weighted by Gasteiger charge is -2.24. The molecule has 106 valence electrons. The van der Waals surface area contributed by atoms with E-state index in [-0.39, 0.29) is 11.5 Å². The maximum Gasteiger partial charge on any atom is 0.328 e. The standard InChI is InChI=1S/C14H15FN2O3/c15-11-2-1-3-12(10(11)4-5-14(19)20)17-8-6-13(18)16-7-9-17/h1-5H,6-9H2,(H,16,18)(H,19,20)/b5-4+. The van der Waals surface area contributed by atoms with Gasteiger partial charge in [-0.1, -0.05) is 6.07 Å². The van der Waals surface area contributed by atoms with Gasteiger partial charge in [0.1, 0.15) is 5.82 Å². The second-order valence-electron chi connectivity index (χ2n) is 4.43. The third kappa shape index (κ3) is 3.34. The van der Waals surface area contributed by atoms with Crippen molar-refractivity contribution in [1.29, 1.82) is 0 Å². The summed E-state index contributed by atoms with van der Waals surface area (Å²) < 4.78 is 13.9. The highest BCUT2D eigenvalue weighted by Gasteiger charge is 2.17. The quantitative estimate of drug-likeness (QED) is 0.816. The predicted molar refractivity (Wildman–Crippen MR) is 72.9 cm³/mol. The van der Waals surface area contributed by atoms with Crippen LogP contribution < -0.4 is 10.2 Å². The van der Waals surface area contributed by atoms with Gasteiger partial charge in [0.2, 0.25) is 5.91 Å². The first-order valence-corrected chi connectivity index (χ1v) is 6.29. The van der Waals surface area contributed by atoms with Crippen LogP contribution in [0, 0.1) is 5.82 Å². The number of nitrogens with one attached hydrogen (secondary N) is 1. The lowest BCUT2D eigenvalue weighted by atomic mass is 10.1. The Kier molecular flexibility index (Phi) is 4.34. The topological polar surface area (TPSA) is 69.6 Å².